The molecule has 0 radical (unpaired) electrons. The fourth-order valence-electron chi connectivity index (χ4n) is 4.13. The van der Waals surface area contributed by atoms with Crippen LogP contribution in [0.25, 0.3) is 5.69 Å². The summed E-state index contributed by atoms with van der Waals surface area (Å²) >= 11 is 0. The highest BCUT2D eigenvalue weighted by Gasteiger charge is 2.43. The summed E-state index contributed by atoms with van der Waals surface area (Å²) in [7, 11) is 1.68. The highest BCUT2D eigenvalue weighted by atomic mass is 16.5. The van der Waals surface area contributed by atoms with Gasteiger partial charge in [0.1, 0.15) is 11.4 Å². The Morgan fingerprint density at radius 3 is 2.88 bits per heavy atom. The van der Waals surface area contributed by atoms with E-state index in [2.05, 4.69) is 16.2 Å². The zero-order valence-electron chi connectivity index (χ0n) is 15.3. The van der Waals surface area contributed by atoms with Gasteiger partial charge in [-0.25, -0.2) is 4.68 Å². The van der Waals surface area contributed by atoms with Gasteiger partial charge in [-0.2, -0.15) is 5.10 Å². The topological polar surface area (TPSA) is 59.8 Å². The summed E-state index contributed by atoms with van der Waals surface area (Å²) in [5.74, 6) is 0.811. The molecule has 140 valence electrons. The number of nitrogens with zero attached hydrogens (tertiary/aromatic N) is 3. The molecular formula is C20H27N3O3. The summed E-state index contributed by atoms with van der Waals surface area (Å²) in [4.78, 5) is 2.42. The molecule has 2 aliphatic heterocycles. The lowest BCUT2D eigenvalue weighted by molar-refractivity contribution is -0.177. The summed E-state index contributed by atoms with van der Waals surface area (Å²) in [6.07, 6.45) is 7.30. The summed E-state index contributed by atoms with van der Waals surface area (Å²) < 4.78 is 13.3. The highest BCUT2D eigenvalue weighted by Crippen LogP contribution is 2.35. The van der Waals surface area contributed by atoms with Gasteiger partial charge in [-0.3, -0.25) is 4.90 Å². The maximum absolute atomic E-state index is 10.4. The third-order valence-electron chi connectivity index (χ3n) is 5.70. The number of hydrogen-bond donors (Lipinski definition) is 1. The summed E-state index contributed by atoms with van der Waals surface area (Å²) in [5.41, 5.74) is 1.81. The number of rotatable bonds is 4. The molecule has 26 heavy (non-hydrogen) atoms. The molecule has 0 amide bonds. The Hall–Kier alpha value is -1.89. The molecule has 1 N–H and O–H groups in total. The van der Waals surface area contributed by atoms with E-state index in [1.165, 1.54) is 5.56 Å². The van der Waals surface area contributed by atoms with E-state index in [0.29, 0.717) is 0 Å². The fraction of sp³-hybridized carbons (Fsp3) is 0.550. The largest absolute Gasteiger partial charge is 0.494 e. The zero-order valence-corrected chi connectivity index (χ0v) is 15.3. The van der Waals surface area contributed by atoms with Crippen LogP contribution >= 0.6 is 0 Å². The number of aliphatic hydroxyl groups is 1. The van der Waals surface area contributed by atoms with Crippen molar-refractivity contribution in [3.63, 3.8) is 0 Å². The molecule has 2 aliphatic rings. The lowest BCUT2D eigenvalue weighted by Crippen LogP contribution is -2.55. The van der Waals surface area contributed by atoms with E-state index in [1.54, 1.807) is 7.11 Å². The molecular weight excluding hydrogens is 330 g/mol. The van der Waals surface area contributed by atoms with Gasteiger partial charge in [-0.1, -0.05) is 12.1 Å². The van der Waals surface area contributed by atoms with Gasteiger partial charge in [0.15, 0.2) is 0 Å². The van der Waals surface area contributed by atoms with Crippen LogP contribution in [0.1, 0.15) is 31.2 Å². The van der Waals surface area contributed by atoms with Gasteiger partial charge in [0.2, 0.25) is 0 Å². The molecule has 2 fully saturated rings. The van der Waals surface area contributed by atoms with Gasteiger partial charge in [0.25, 0.3) is 0 Å². The maximum atomic E-state index is 10.4. The second-order valence-electron chi connectivity index (χ2n) is 7.31. The SMILES string of the molecule is COc1ccccc1-n1cc(CN2CCC3(CC2)OCCC[C@H]3O)cn1. The average Bonchev–Trinajstić information content (AvgIpc) is 3.14. The molecule has 2 saturated heterocycles. The van der Waals surface area contributed by atoms with Crippen LogP contribution < -0.4 is 4.74 Å². The third kappa shape index (κ3) is 3.37. The van der Waals surface area contributed by atoms with E-state index in [9.17, 15) is 5.11 Å². The minimum atomic E-state index is -0.313. The Morgan fingerprint density at radius 1 is 1.31 bits per heavy atom. The number of ether oxygens (including phenoxy) is 2. The lowest BCUT2D eigenvalue weighted by atomic mass is 9.82. The van der Waals surface area contributed by atoms with Crippen LogP contribution in [0.2, 0.25) is 0 Å². The number of methoxy groups -OCH3 is 1. The number of aliphatic hydroxyl groups excluding tert-OH is 1. The molecule has 1 atom stereocenters. The third-order valence-corrected chi connectivity index (χ3v) is 5.70. The van der Waals surface area contributed by atoms with E-state index in [1.807, 2.05) is 35.1 Å². The van der Waals surface area contributed by atoms with Gasteiger partial charge in [0.05, 0.1) is 25.0 Å². The first-order chi connectivity index (χ1) is 12.7. The van der Waals surface area contributed by atoms with Crippen LogP contribution in [-0.4, -0.2) is 58.3 Å². The Morgan fingerprint density at radius 2 is 2.12 bits per heavy atom. The molecule has 0 unspecified atom stereocenters. The lowest BCUT2D eigenvalue weighted by Gasteiger charge is -2.46. The molecule has 3 heterocycles. The van der Waals surface area contributed by atoms with Gasteiger partial charge < -0.3 is 14.6 Å². The van der Waals surface area contributed by atoms with E-state index in [0.717, 1.165) is 63.4 Å². The van der Waals surface area contributed by atoms with E-state index in [4.69, 9.17) is 9.47 Å². The Balaban J connectivity index is 1.40. The van der Waals surface area contributed by atoms with Gasteiger partial charge >= 0.3 is 0 Å². The second-order valence-corrected chi connectivity index (χ2v) is 7.31. The van der Waals surface area contributed by atoms with Crippen molar-refractivity contribution < 1.29 is 14.6 Å². The molecule has 1 spiro atoms. The van der Waals surface area contributed by atoms with Gasteiger partial charge in [-0.05, 0) is 37.8 Å². The zero-order chi connectivity index (χ0) is 18.0. The van der Waals surface area contributed by atoms with Crippen molar-refractivity contribution in [1.29, 1.82) is 0 Å². The smallest absolute Gasteiger partial charge is 0.144 e. The van der Waals surface area contributed by atoms with Crippen molar-refractivity contribution in [3.05, 3.63) is 42.2 Å². The fourth-order valence-corrected chi connectivity index (χ4v) is 4.13. The minimum Gasteiger partial charge on any atom is -0.494 e. The molecule has 1 aromatic carbocycles. The molecule has 6 nitrogen and oxygen atoms in total. The van der Waals surface area contributed by atoms with Crippen molar-refractivity contribution in [2.24, 2.45) is 0 Å². The summed E-state index contributed by atoms with van der Waals surface area (Å²) in [6, 6.07) is 7.88. The number of likely N-dealkylation sites (tertiary alicyclic amines) is 1. The average molecular weight is 357 g/mol. The first-order valence-corrected chi connectivity index (χ1v) is 9.41. The summed E-state index contributed by atoms with van der Waals surface area (Å²) in [6.45, 7) is 3.53. The second kappa shape index (κ2) is 7.39. The maximum Gasteiger partial charge on any atom is 0.144 e. The molecule has 0 aliphatic carbocycles. The number of para-hydroxylation sites is 2. The molecule has 0 saturated carbocycles. The first-order valence-electron chi connectivity index (χ1n) is 9.41. The summed E-state index contributed by atoms with van der Waals surface area (Å²) in [5, 5.41) is 14.9. The monoisotopic (exact) mass is 357 g/mol. The predicted octanol–water partition coefficient (Wildman–Crippen LogP) is 2.39. The number of piperidine rings is 1. The van der Waals surface area contributed by atoms with E-state index < -0.39 is 0 Å². The van der Waals surface area contributed by atoms with Crippen LogP contribution in [0.4, 0.5) is 0 Å². The molecule has 6 heteroatoms. The standard InChI is InChI=1S/C20H27N3O3/c1-25-18-6-3-2-5-17(18)23-15-16(13-21-23)14-22-10-8-20(9-11-22)19(24)7-4-12-26-20/h2-3,5-6,13,15,19,24H,4,7-12,14H2,1H3/t19-/m1/s1. The Labute approximate surface area is 154 Å². The van der Waals surface area contributed by atoms with Gasteiger partial charge in [0, 0.05) is 38.0 Å². The minimum absolute atomic E-state index is 0.309. The number of aromatic nitrogens is 2. The van der Waals surface area contributed by atoms with E-state index in [-0.39, 0.29) is 11.7 Å². The van der Waals surface area contributed by atoms with Crippen LogP contribution in [0, 0.1) is 0 Å². The molecule has 1 aromatic heterocycles. The highest BCUT2D eigenvalue weighted by molar-refractivity contribution is 5.46. The van der Waals surface area contributed by atoms with Gasteiger partial charge in [-0.15, -0.1) is 0 Å². The first kappa shape index (κ1) is 17.5. The van der Waals surface area contributed by atoms with Crippen LogP contribution in [-0.2, 0) is 11.3 Å². The van der Waals surface area contributed by atoms with E-state index >= 15 is 0 Å². The van der Waals surface area contributed by atoms with Crippen LogP contribution in [0.15, 0.2) is 36.7 Å². The predicted molar refractivity (Wildman–Crippen MR) is 98.6 cm³/mol. The molecule has 2 aromatic rings. The van der Waals surface area contributed by atoms with Crippen LogP contribution in [0.3, 0.4) is 0 Å². The number of hydrogen-bond acceptors (Lipinski definition) is 5. The Bertz CT molecular complexity index is 737. The van der Waals surface area contributed by atoms with Crippen molar-refractivity contribution in [1.82, 2.24) is 14.7 Å². The van der Waals surface area contributed by atoms with Crippen molar-refractivity contribution >= 4 is 0 Å². The quantitative estimate of drug-likeness (QED) is 0.910. The molecule has 4 rings (SSSR count). The number of benzene rings is 1. The van der Waals surface area contributed by atoms with Crippen molar-refractivity contribution in [2.75, 3.05) is 26.8 Å². The van der Waals surface area contributed by atoms with Crippen molar-refractivity contribution in [3.8, 4) is 11.4 Å². The molecule has 0 bridgehead atoms. The normalized spacial score (nSPS) is 23.2. The van der Waals surface area contributed by atoms with Crippen LogP contribution in [0.5, 0.6) is 5.75 Å². The van der Waals surface area contributed by atoms with Crippen molar-refractivity contribution in [2.45, 2.75) is 43.9 Å². The Kier molecular flexibility index (Phi) is 4.98.